The number of hydrogen-bond acceptors (Lipinski definition) is 4. The SMILES string of the molecule is CCN1CCC(CNCC(O)COCCCC(C)C)C1. The summed E-state index contributed by atoms with van der Waals surface area (Å²) in [5.74, 6) is 1.48. The van der Waals surface area contributed by atoms with Crippen LogP contribution < -0.4 is 5.32 Å². The van der Waals surface area contributed by atoms with Gasteiger partial charge in [-0.3, -0.25) is 0 Å². The van der Waals surface area contributed by atoms with Gasteiger partial charge in [-0.1, -0.05) is 20.8 Å². The summed E-state index contributed by atoms with van der Waals surface area (Å²) >= 11 is 0. The Bertz CT molecular complexity index is 237. The largest absolute Gasteiger partial charge is 0.389 e. The minimum atomic E-state index is -0.377. The fourth-order valence-corrected chi connectivity index (χ4v) is 2.69. The maximum atomic E-state index is 9.83. The van der Waals surface area contributed by atoms with Crippen molar-refractivity contribution in [3.05, 3.63) is 0 Å². The minimum absolute atomic E-state index is 0.377. The summed E-state index contributed by atoms with van der Waals surface area (Å²) in [6.07, 6.45) is 3.19. The van der Waals surface area contributed by atoms with E-state index in [9.17, 15) is 5.11 Å². The van der Waals surface area contributed by atoms with Crippen LogP contribution in [0.4, 0.5) is 0 Å². The predicted octanol–water partition coefficient (Wildman–Crippen LogP) is 1.73. The Morgan fingerprint density at radius 2 is 2.20 bits per heavy atom. The van der Waals surface area contributed by atoms with E-state index >= 15 is 0 Å². The summed E-state index contributed by atoms with van der Waals surface area (Å²) in [6.45, 7) is 13.1. The first-order valence-corrected chi connectivity index (χ1v) is 8.30. The predicted molar refractivity (Wildman–Crippen MR) is 84.0 cm³/mol. The number of ether oxygens (including phenoxy) is 1. The third-order valence-corrected chi connectivity index (χ3v) is 4.01. The molecule has 1 fully saturated rings. The summed E-state index contributed by atoms with van der Waals surface area (Å²) in [6, 6.07) is 0. The van der Waals surface area contributed by atoms with Gasteiger partial charge in [0.25, 0.3) is 0 Å². The van der Waals surface area contributed by atoms with Crippen molar-refractivity contribution < 1.29 is 9.84 Å². The standard InChI is InChI=1S/C16H34N2O2/c1-4-18-8-7-15(12-18)10-17-11-16(19)13-20-9-5-6-14(2)3/h14-17,19H,4-13H2,1-3H3. The quantitative estimate of drug-likeness (QED) is 0.568. The number of nitrogens with one attached hydrogen (secondary N) is 1. The van der Waals surface area contributed by atoms with Crippen molar-refractivity contribution in [2.75, 3.05) is 45.9 Å². The molecule has 4 nitrogen and oxygen atoms in total. The third kappa shape index (κ3) is 8.20. The second kappa shape index (κ2) is 10.6. The molecule has 0 radical (unpaired) electrons. The van der Waals surface area contributed by atoms with Gasteiger partial charge in [-0.25, -0.2) is 0 Å². The molecular weight excluding hydrogens is 252 g/mol. The van der Waals surface area contributed by atoms with E-state index in [-0.39, 0.29) is 6.10 Å². The number of aliphatic hydroxyl groups excluding tert-OH is 1. The maximum absolute atomic E-state index is 9.83. The first-order chi connectivity index (χ1) is 9.61. The average Bonchev–Trinajstić information content (AvgIpc) is 2.86. The van der Waals surface area contributed by atoms with Crippen molar-refractivity contribution in [3.63, 3.8) is 0 Å². The van der Waals surface area contributed by atoms with Gasteiger partial charge in [0.1, 0.15) is 0 Å². The average molecular weight is 286 g/mol. The molecule has 2 N–H and O–H groups in total. The Kier molecular flexibility index (Phi) is 9.44. The zero-order chi connectivity index (χ0) is 14.8. The molecule has 0 aliphatic carbocycles. The van der Waals surface area contributed by atoms with Gasteiger partial charge >= 0.3 is 0 Å². The topological polar surface area (TPSA) is 44.7 Å². The Morgan fingerprint density at radius 3 is 2.85 bits per heavy atom. The third-order valence-electron chi connectivity index (χ3n) is 4.01. The Morgan fingerprint density at radius 1 is 1.40 bits per heavy atom. The van der Waals surface area contributed by atoms with Crippen LogP contribution in [-0.4, -0.2) is 62.0 Å². The molecule has 4 heteroatoms. The van der Waals surface area contributed by atoms with Crippen LogP contribution in [-0.2, 0) is 4.74 Å². The van der Waals surface area contributed by atoms with Crippen molar-refractivity contribution in [1.29, 1.82) is 0 Å². The minimum Gasteiger partial charge on any atom is -0.389 e. The number of aliphatic hydroxyl groups is 1. The maximum Gasteiger partial charge on any atom is 0.0897 e. The summed E-state index contributed by atoms with van der Waals surface area (Å²) in [5, 5.41) is 13.2. The molecule has 1 heterocycles. The molecule has 1 saturated heterocycles. The van der Waals surface area contributed by atoms with Gasteiger partial charge < -0.3 is 20.1 Å². The van der Waals surface area contributed by atoms with Gasteiger partial charge in [0, 0.05) is 19.7 Å². The molecule has 120 valence electrons. The zero-order valence-corrected chi connectivity index (χ0v) is 13.6. The lowest BCUT2D eigenvalue weighted by molar-refractivity contribution is 0.0344. The highest BCUT2D eigenvalue weighted by molar-refractivity contribution is 4.76. The number of rotatable bonds is 11. The van der Waals surface area contributed by atoms with Gasteiger partial charge in [0.2, 0.25) is 0 Å². The van der Waals surface area contributed by atoms with Crippen LogP contribution in [0.15, 0.2) is 0 Å². The summed E-state index contributed by atoms with van der Waals surface area (Å²) in [7, 11) is 0. The Hall–Kier alpha value is -0.160. The van der Waals surface area contributed by atoms with Crippen LogP contribution in [0.5, 0.6) is 0 Å². The first-order valence-electron chi connectivity index (χ1n) is 8.30. The van der Waals surface area contributed by atoms with E-state index in [0.29, 0.717) is 13.2 Å². The fraction of sp³-hybridized carbons (Fsp3) is 1.00. The van der Waals surface area contributed by atoms with Crippen molar-refractivity contribution in [2.24, 2.45) is 11.8 Å². The zero-order valence-electron chi connectivity index (χ0n) is 13.6. The van der Waals surface area contributed by atoms with Crippen molar-refractivity contribution >= 4 is 0 Å². The molecule has 0 aromatic rings. The van der Waals surface area contributed by atoms with Crippen LogP contribution in [0.1, 0.15) is 40.0 Å². The van der Waals surface area contributed by atoms with E-state index in [0.717, 1.165) is 38.0 Å². The van der Waals surface area contributed by atoms with Crippen molar-refractivity contribution in [1.82, 2.24) is 10.2 Å². The Labute approximate surface area is 124 Å². The van der Waals surface area contributed by atoms with Crippen molar-refractivity contribution in [3.8, 4) is 0 Å². The second-order valence-electron chi connectivity index (χ2n) is 6.47. The van der Waals surface area contributed by atoms with Gasteiger partial charge in [-0.05, 0) is 50.7 Å². The lowest BCUT2D eigenvalue weighted by Gasteiger charge is -2.16. The summed E-state index contributed by atoms with van der Waals surface area (Å²) < 4.78 is 5.50. The smallest absolute Gasteiger partial charge is 0.0897 e. The van der Waals surface area contributed by atoms with Gasteiger partial charge in [0.15, 0.2) is 0 Å². The molecule has 1 rings (SSSR count). The second-order valence-corrected chi connectivity index (χ2v) is 6.47. The molecule has 0 aromatic heterocycles. The highest BCUT2D eigenvalue weighted by Gasteiger charge is 2.20. The van der Waals surface area contributed by atoms with Gasteiger partial charge in [0.05, 0.1) is 12.7 Å². The Balaban J connectivity index is 1.91. The molecule has 0 saturated carbocycles. The van der Waals surface area contributed by atoms with E-state index in [2.05, 4.69) is 31.0 Å². The lowest BCUT2D eigenvalue weighted by atomic mass is 10.1. The molecule has 20 heavy (non-hydrogen) atoms. The van der Waals surface area contributed by atoms with E-state index in [1.54, 1.807) is 0 Å². The molecule has 0 bridgehead atoms. The van der Waals surface area contributed by atoms with E-state index in [4.69, 9.17) is 4.74 Å². The molecule has 1 aliphatic heterocycles. The van der Waals surface area contributed by atoms with E-state index < -0.39 is 0 Å². The normalized spacial score (nSPS) is 21.8. The fourth-order valence-electron chi connectivity index (χ4n) is 2.69. The molecule has 0 amide bonds. The van der Waals surface area contributed by atoms with Crippen molar-refractivity contribution in [2.45, 2.75) is 46.1 Å². The molecule has 2 unspecified atom stereocenters. The van der Waals surface area contributed by atoms with Crippen LogP contribution in [0.3, 0.4) is 0 Å². The van der Waals surface area contributed by atoms with E-state index in [1.807, 2.05) is 0 Å². The van der Waals surface area contributed by atoms with Gasteiger partial charge in [-0.2, -0.15) is 0 Å². The highest BCUT2D eigenvalue weighted by atomic mass is 16.5. The van der Waals surface area contributed by atoms with Crippen LogP contribution in [0.2, 0.25) is 0 Å². The molecule has 1 aliphatic rings. The number of likely N-dealkylation sites (tertiary alicyclic amines) is 1. The molecule has 0 aromatic carbocycles. The van der Waals surface area contributed by atoms with Crippen LogP contribution in [0.25, 0.3) is 0 Å². The molecular formula is C16H34N2O2. The molecule has 0 spiro atoms. The highest BCUT2D eigenvalue weighted by Crippen LogP contribution is 2.14. The number of nitrogens with zero attached hydrogens (tertiary/aromatic N) is 1. The first kappa shape index (κ1) is 17.9. The number of hydrogen-bond donors (Lipinski definition) is 2. The summed E-state index contributed by atoms with van der Waals surface area (Å²) in [4.78, 5) is 2.49. The monoisotopic (exact) mass is 286 g/mol. The van der Waals surface area contributed by atoms with Gasteiger partial charge in [-0.15, -0.1) is 0 Å². The van der Waals surface area contributed by atoms with E-state index in [1.165, 1.54) is 25.9 Å². The lowest BCUT2D eigenvalue weighted by Crippen LogP contribution is -2.34. The van der Waals surface area contributed by atoms with Crippen LogP contribution >= 0.6 is 0 Å². The summed E-state index contributed by atoms with van der Waals surface area (Å²) in [5.41, 5.74) is 0. The van der Waals surface area contributed by atoms with Crippen LogP contribution in [0, 0.1) is 11.8 Å². The molecule has 2 atom stereocenters.